The number of pyridine rings is 1. The number of nitrogens with one attached hydrogen (secondary N) is 1. The molecule has 2 aromatic heterocycles. The summed E-state index contributed by atoms with van der Waals surface area (Å²) < 4.78 is 0. The number of halogens is 1. The van der Waals surface area contributed by atoms with E-state index in [1.54, 1.807) is 0 Å². The van der Waals surface area contributed by atoms with Crippen molar-refractivity contribution < 1.29 is 0 Å². The molecule has 0 saturated carbocycles. The Bertz CT molecular complexity index is 615. The number of aromatic nitrogens is 3. The third-order valence-corrected chi connectivity index (χ3v) is 2.52. The summed E-state index contributed by atoms with van der Waals surface area (Å²) in [5.74, 6) is 0. The topological polar surface area (TPSA) is 41.6 Å². The predicted octanol–water partition coefficient (Wildman–Crippen LogP) is 2.76. The van der Waals surface area contributed by atoms with E-state index in [1.807, 2.05) is 24.4 Å². The minimum Gasteiger partial charge on any atom is -0.359 e. The third kappa shape index (κ3) is 0.930. The highest BCUT2D eigenvalue weighted by atomic mass is 35.5. The first-order valence-electron chi connectivity index (χ1n) is 4.22. The van der Waals surface area contributed by atoms with E-state index in [0.29, 0.717) is 5.02 Å². The number of hydrogen-bond acceptors (Lipinski definition) is 2. The first-order chi connectivity index (χ1) is 6.86. The van der Waals surface area contributed by atoms with E-state index in [2.05, 4.69) is 15.0 Å². The van der Waals surface area contributed by atoms with Crippen LogP contribution in [0.2, 0.25) is 5.02 Å². The number of imidazole rings is 1. The smallest absolute Gasteiger partial charge is 0.117 e. The number of fused-ring (bicyclic) bond motifs is 3. The first kappa shape index (κ1) is 7.76. The Balaban J connectivity index is 2.66. The molecule has 1 N–H and O–H groups in total. The van der Waals surface area contributed by atoms with Crippen molar-refractivity contribution in [1.82, 2.24) is 15.0 Å². The van der Waals surface area contributed by atoms with E-state index in [9.17, 15) is 0 Å². The van der Waals surface area contributed by atoms with Crippen LogP contribution < -0.4 is 0 Å². The summed E-state index contributed by atoms with van der Waals surface area (Å²) in [6, 6.07) is 5.82. The lowest BCUT2D eigenvalue weighted by molar-refractivity contribution is 1.34. The van der Waals surface area contributed by atoms with Crippen molar-refractivity contribution in [3.8, 4) is 0 Å². The van der Waals surface area contributed by atoms with Crippen LogP contribution in [-0.4, -0.2) is 15.0 Å². The molecule has 3 rings (SSSR count). The summed E-state index contributed by atoms with van der Waals surface area (Å²) in [6.07, 6.45) is 3.39. The molecule has 2 heterocycles. The maximum atomic E-state index is 6.06. The van der Waals surface area contributed by atoms with Gasteiger partial charge in [0.1, 0.15) is 17.4 Å². The molecule has 0 aliphatic rings. The molecule has 0 amide bonds. The standard InChI is InChI=1S/C10H6ClN3/c11-7-4-6-2-1-3-12-8(6)10-9(7)13-5-14-10/h1-5,12H. The van der Waals surface area contributed by atoms with Crippen LogP contribution in [0, 0.1) is 0 Å². The second-order valence-corrected chi connectivity index (χ2v) is 3.47. The van der Waals surface area contributed by atoms with Gasteiger partial charge in [0.05, 0.1) is 10.5 Å². The molecule has 0 aliphatic carbocycles. The Morgan fingerprint density at radius 1 is 1.21 bits per heavy atom. The normalized spacial score (nSPS) is 11.2. The van der Waals surface area contributed by atoms with Crippen molar-refractivity contribution in [2.24, 2.45) is 0 Å². The van der Waals surface area contributed by atoms with E-state index in [1.165, 1.54) is 6.33 Å². The van der Waals surface area contributed by atoms with Gasteiger partial charge >= 0.3 is 0 Å². The average molecular weight is 204 g/mol. The summed E-state index contributed by atoms with van der Waals surface area (Å²) in [7, 11) is 0. The molecule has 68 valence electrons. The molecule has 14 heavy (non-hydrogen) atoms. The van der Waals surface area contributed by atoms with Crippen LogP contribution in [0.3, 0.4) is 0 Å². The largest absolute Gasteiger partial charge is 0.359 e. The number of H-pyrrole nitrogens is 1. The van der Waals surface area contributed by atoms with Crippen molar-refractivity contribution in [2.75, 3.05) is 0 Å². The van der Waals surface area contributed by atoms with Crippen molar-refractivity contribution in [1.29, 1.82) is 0 Å². The van der Waals surface area contributed by atoms with Gasteiger partial charge < -0.3 is 4.98 Å². The minimum absolute atomic E-state index is 0.643. The Morgan fingerprint density at radius 3 is 3.00 bits per heavy atom. The molecule has 0 fully saturated rings. The second-order valence-electron chi connectivity index (χ2n) is 3.06. The summed E-state index contributed by atoms with van der Waals surface area (Å²) in [5, 5.41) is 1.69. The van der Waals surface area contributed by atoms with Crippen LogP contribution >= 0.6 is 11.6 Å². The molecule has 0 radical (unpaired) electrons. The van der Waals surface area contributed by atoms with Gasteiger partial charge in [0.15, 0.2) is 0 Å². The lowest BCUT2D eigenvalue weighted by Gasteiger charge is -1.99. The molecule has 0 spiro atoms. The SMILES string of the molecule is Clc1cc2ccc[nH]c2c2ncnc12. The molecular formula is C10H6ClN3. The molecule has 0 saturated heterocycles. The van der Waals surface area contributed by atoms with E-state index < -0.39 is 0 Å². The van der Waals surface area contributed by atoms with Crippen molar-refractivity contribution in [2.45, 2.75) is 0 Å². The zero-order valence-corrected chi connectivity index (χ0v) is 7.92. The molecule has 0 aliphatic heterocycles. The molecule has 0 bridgehead atoms. The lowest BCUT2D eigenvalue weighted by atomic mass is 10.2. The van der Waals surface area contributed by atoms with Crippen LogP contribution in [0.4, 0.5) is 0 Å². The molecule has 3 nitrogen and oxygen atoms in total. The number of hydrogen-bond donors (Lipinski definition) is 1. The van der Waals surface area contributed by atoms with Gasteiger partial charge in [0.25, 0.3) is 0 Å². The fraction of sp³-hybridized carbons (Fsp3) is 0. The van der Waals surface area contributed by atoms with Crippen LogP contribution in [0.25, 0.3) is 21.9 Å². The predicted molar refractivity (Wildman–Crippen MR) is 56.4 cm³/mol. The van der Waals surface area contributed by atoms with Gasteiger partial charge in [0.2, 0.25) is 0 Å². The van der Waals surface area contributed by atoms with Crippen LogP contribution in [0.5, 0.6) is 0 Å². The van der Waals surface area contributed by atoms with Gasteiger partial charge in [-0.25, -0.2) is 9.97 Å². The highest BCUT2D eigenvalue weighted by Gasteiger charge is 2.07. The summed E-state index contributed by atoms with van der Waals surface area (Å²) in [5.41, 5.74) is 2.55. The third-order valence-electron chi connectivity index (χ3n) is 2.23. The molecule has 0 unspecified atom stereocenters. The average Bonchev–Trinajstić information content (AvgIpc) is 2.67. The number of aromatic amines is 1. The molecule has 0 atom stereocenters. The fourth-order valence-electron chi connectivity index (χ4n) is 1.60. The zero-order chi connectivity index (χ0) is 9.54. The van der Waals surface area contributed by atoms with Crippen molar-refractivity contribution in [3.05, 3.63) is 35.7 Å². The highest BCUT2D eigenvalue weighted by Crippen LogP contribution is 2.27. The summed E-state index contributed by atoms with van der Waals surface area (Å²) in [4.78, 5) is 11.4. The number of benzene rings is 1. The molecule has 4 heteroatoms. The maximum absolute atomic E-state index is 6.06. The van der Waals surface area contributed by atoms with Gasteiger partial charge in [-0.15, -0.1) is 0 Å². The Kier molecular flexibility index (Phi) is 1.49. The highest BCUT2D eigenvalue weighted by molar-refractivity contribution is 6.36. The molecule has 3 aromatic rings. The minimum atomic E-state index is 0.643. The maximum Gasteiger partial charge on any atom is 0.117 e. The Morgan fingerprint density at radius 2 is 2.07 bits per heavy atom. The van der Waals surface area contributed by atoms with Crippen molar-refractivity contribution >= 4 is 33.5 Å². The number of nitrogens with zero attached hydrogens (tertiary/aromatic N) is 2. The van der Waals surface area contributed by atoms with E-state index in [0.717, 1.165) is 21.9 Å². The summed E-state index contributed by atoms with van der Waals surface area (Å²) in [6.45, 7) is 0. The van der Waals surface area contributed by atoms with E-state index in [-0.39, 0.29) is 0 Å². The fourth-order valence-corrected chi connectivity index (χ4v) is 1.86. The quantitative estimate of drug-likeness (QED) is 0.611. The van der Waals surface area contributed by atoms with E-state index >= 15 is 0 Å². The summed E-state index contributed by atoms with van der Waals surface area (Å²) >= 11 is 6.06. The molecular weight excluding hydrogens is 198 g/mol. The second kappa shape index (κ2) is 2.69. The lowest BCUT2D eigenvalue weighted by Crippen LogP contribution is -1.81. The van der Waals surface area contributed by atoms with Crippen LogP contribution in [0.1, 0.15) is 0 Å². The van der Waals surface area contributed by atoms with Gasteiger partial charge in [-0.05, 0) is 12.1 Å². The van der Waals surface area contributed by atoms with Gasteiger partial charge in [-0.1, -0.05) is 17.7 Å². The van der Waals surface area contributed by atoms with Crippen LogP contribution in [-0.2, 0) is 0 Å². The monoisotopic (exact) mass is 203 g/mol. The Hall–Kier alpha value is -1.61. The first-order valence-corrected chi connectivity index (χ1v) is 4.60. The van der Waals surface area contributed by atoms with Gasteiger partial charge in [0, 0.05) is 11.6 Å². The zero-order valence-electron chi connectivity index (χ0n) is 7.16. The molecule has 1 aromatic carbocycles. The Labute approximate surface area is 84.7 Å². The van der Waals surface area contributed by atoms with Gasteiger partial charge in [-0.2, -0.15) is 0 Å². The van der Waals surface area contributed by atoms with E-state index in [4.69, 9.17) is 11.6 Å². The van der Waals surface area contributed by atoms with Gasteiger partial charge in [-0.3, -0.25) is 0 Å². The number of rotatable bonds is 0. The van der Waals surface area contributed by atoms with Crippen molar-refractivity contribution in [3.63, 3.8) is 0 Å². The van der Waals surface area contributed by atoms with Crippen LogP contribution in [0.15, 0.2) is 30.7 Å².